The quantitative estimate of drug-likeness (QED) is 0.763. The Balaban J connectivity index is 2.02. The lowest BCUT2D eigenvalue weighted by atomic mass is 10.2. The average Bonchev–Trinajstić information content (AvgIpc) is 2.79. The summed E-state index contributed by atoms with van der Waals surface area (Å²) in [5.74, 6) is 0.124. The number of phenols is 1. The first kappa shape index (κ1) is 11.0. The average molecular weight is 235 g/mol. The van der Waals surface area contributed by atoms with Crippen molar-refractivity contribution >= 4 is 17.0 Å². The molecule has 2 aromatic rings. The number of nitrogens with one attached hydrogen (secondary N) is 1. The lowest BCUT2D eigenvalue weighted by Crippen LogP contribution is -1.97. The zero-order valence-corrected chi connectivity index (χ0v) is 9.50. The molecule has 0 bridgehead atoms. The summed E-state index contributed by atoms with van der Waals surface area (Å²) in [5.41, 5.74) is 1.39. The molecule has 0 fully saturated rings. The summed E-state index contributed by atoms with van der Waals surface area (Å²) >= 11 is 1.69. The van der Waals surface area contributed by atoms with Crippen LogP contribution in [0.5, 0.6) is 5.75 Å². The van der Waals surface area contributed by atoms with Gasteiger partial charge in [0.1, 0.15) is 5.75 Å². The summed E-state index contributed by atoms with van der Waals surface area (Å²) in [5, 5.41) is 23.7. The third kappa shape index (κ3) is 2.53. The Kier molecular flexibility index (Phi) is 3.44. The van der Waals surface area contributed by atoms with Crippen molar-refractivity contribution in [2.24, 2.45) is 0 Å². The molecular weight excluding hydrogens is 222 g/mol. The summed E-state index contributed by atoms with van der Waals surface area (Å²) in [7, 11) is 0. The number of aliphatic hydroxyl groups is 1. The first-order valence-electron chi connectivity index (χ1n) is 4.98. The first-order chi connectivity index (χ1) is 7.79. The van der Waals surface area contributed by atoms with E-state index < -0.39 is 0 Å². The summed E-state index contributed by atoms with van der Waals surface area (Å²) < 4.78 is 0. The summed E-state index contributed by atoms with van der Waals surface area (Å²) in [4.78, 5) is 1.24. The van der Waals surface area contributed by atoms with E-state index in [2.05, 4.69) is 11.4 Å². The van der Waals surface area contributed by atoms with Crippen molar-refractivity contribution in [1.29, 1.82) is 0 Å². The third-order valence-corrected chi connectivity index (χ3v) is 3.18. The number of rotatable bonds is 4. The molecule has 0 aliphatic rings. The van der Waals surface area contributed by atoms with Crippen LogP contribution >= 0.6 is 11.3 Å². The van der Waals surface area contributed by atoms with Crippen molar-refractivity contribution in [3.05, 3.63) is 46.2 Å². The van der Waals surface area contributed by atoms with Crippen LogP contribution in [0.25, 0.3) is 0 Å². The van der Waals surface area contributed by atoms with Gasteiger partial charge in [0, 0.05) is 28.7 Å². The predicted molar refractivity (Wildman–Crippen MR) is 65.7 cm³/mol. The van der Waals surface area contributed by atoms with E-state index in [1.165, 1.54) is 4.88 Å². The van der Waals surface area contributed by atoms with Crippen molar-refractivity contribution < 1.29 is 10.2 Å². The lowest BCUT2D eigenvalue weighted by molar-refractivity contribution is 0.275. The Labute approximate surface area is 98.0 Å². The molecule has 0 unspecified atom stereocenters. The highest BCUT2D eigenvalue weighted by Crippen LogP contribution is 2.22. The molecule has 0 amide bonds. The van der Waals surface area contributed by atoms with Gasteiger partial charge in [-0.3, -0.25) is 0 Å². The van der Waals surface area contributed by atoms with Gasteiger partial charge < -0.3 is 15.5 Å². The molecule has 0 saturated carbocycles. The van der Waals surface area contributed by atoms with Crippen LogP contribution in [-0.4, -0.2) is 10.2 Å². The molecule has 84 valence electrons. The van der Waals surface area contributed by atoms with E-state index in [1.54, 1.807) is 23.5 Å². The number of anilines is 1. The van der Waals surface area contributed by atoms with Gasteiger partial charge in [-0.15, -0.1) is 11.3 Å². The number of aromatic hydroxyl groups is 1. The van der Waals surface area contributed by atoms with Crippen LogP contribution in [-0.2, 0) is 13.2 Å². The van der Waals surface area contributed by atoms with Gasteiger partial charge >= 0.3 is 0 Å². The van der Waals surface area contributed by atoms with Crippen molar-refractivity contribution in [3.63, 3.8) is 0 Å². The molecule has 0 aliphatic carbocycles. The van der Waals surface area contributed by atoms with E-state index in [9.17, 15) is 5.11 Å². The van der Waals surface area contributed by atoms with Crippen LogP contribution in [0.15, 0.2) is 35.7 Å². The number of thiophene rings is 1. The van der Waals surface area contributed by atoms with Crippen LogP contribution in [0.4, 0.5) is 5.69 Å². The van der Waals surface area contributed by atoms with Crippen LogP contribution in [0.2, 0.25) is 0 Å². The highest BCUT2D eigenvalue weighted by atomic mass is 32.1. The maximum absolute atomic E-state index is 9.55. The van der Waals surface area contributed by atoms with Crippen LogP contribution in [0.1, 0.15) is 10.4 Å². The SMILES string of the molecule is OCc1ccc(NCc2cccs2)cc1O. The summed E-state index contributed by atoms with van der Waals surface area (Å²) in [6, 6.07) is 9.25. The molecule has 4 heteroatoms. The van der Waals surface area contributed by atoms with Crippen molar-refractivity contribution in [1.82, 2.24) is 0 Å². The normalized spacial score (nSPS) is 10.3. The van der Waals surface area contributed by atoms with Gasteiger partial charge in [-0.1, -0.05) is 12.1 Å². The molecule has 16 heavy (non-hydrogen) atoms. The largest absolute Gasteiger partial charge is 0.508 e. The van der Waals surface area contributed by atoms with Crippen molar-refractivity contribution in [3.8, 4) is 5.75 Å². The van der Waals surface area contributed by atoms with E-state index in [4.69, 9.17) is 5.11 Å². The molecule has 0 atom stereocenters. The minimum absolute atomic E-state index is 0.124. The predicted octanol–water partition coefficient (Wildman–Crippen LogP) is 2.56. The van der Waals surface area contributed by atoms with Gasteiger partial charge in [0.05, 0.1) is 6.61 Å². The van der Waals surface area contributed by atoms with E-state index >= 15 is 0 Å². The van der Waals surface area contributed by atoms with Crippen molar-refractivity contribution in [2.45, 2.75) is 13.2 Å². The second kappa shape index (κ2) is 5.01. The Morgan fingerprint density at radius 3 is 2.75 bits per heavy atom. The van der Waals surface area contributed by atoms with Gasteiger partial charge in [0.2, 0.25) is 0 Å². The standard InChI is InChI=1S/C12H13NO2S/c14-8-9-3-4-10(6-12(9)15)13-7-11-2-1-5-16-11/h1-6,13-15H,7-8H2. The Morgan fingerprint density at radius 1 is 1.25 bits per heavy atom. The molecule has 1 aromatic heterocycles. The van der Waals surface area contributed by atoms with Gasteiger partial charge in [-0.2, -0.15) is 0 Å². The Hall–Kier alpha value is -1.52. The van der Waals surface area contributed by atoms with Crippen LogP contribution < -0.4 is 5.32 Å². The van der Waals surface area contributed by atoms with E-state index in [0.29, 0.717) is 5.56 Å². The van der Waals surface area contributed by atoms with Gasteiger partial charge in [0.15, 0.2) is 0 Å². The van der Waals surface area contributed by atoms with Crippen molar-refractivity contribution in [2.75, 3.05) is 5.32 Å². The summed E-state index contributed by atoms with van der Waals surface area (Å²) in [6.45, 7) is 0.604. The molecule has 0 aliphatic heterocycles. The molecule has 3 N–H and O–H groups in total. The minimum atomic E-state index is -0.142. The molecule has 0 spiro atoms. The minimum Gasteiger partial charge on any atom is -0.508 e. The second-order valence-electron chi connectivity index (χ2n) is 3.43. The van der Waals surface area contributed by atoms with Crippen LogP contribution in [0.3, 0.4) is 0 Å². The van der Waals surface area contributed by atoms with E-state index in [1.807, 2.05) is 17.5 Å². The molecule has 0 radical (unpaired) electrons. The zero-order chi connectivity index (χ0) is 11.4. The van der Waals surface area contributed by atoms with Crippen LogP contribution in [0, 0.1) is 0 Å². The second-order valence-corrected chi connectivity index (χ2v) is 4.47. The number of aliphatic hydroxyl groups excluding tert-OH is 1. The molecule has 3 nitrogen and oxygen atoms in total. The monoisotopic (exact) mass is 235 g/mol. The summed E-state index contributed by atoms with van der Waals surface area (Å²) in [6.07, 6.45) is 0. The maximum Gasteiger partial charge on any atom is 0.123 e. The fourth-order valence-electron chi connectivity index (χ4n) is 1.41. The molecular formula is C12H13NO2S. The molecule has 1 aromatic carbocycles. The lowest BCUT2D eigenvalue weighted by Gasteiger charge is -2.07. The van der Waals surface area contributed by atoms with E-state index in [0.717, 1.165) is 12.2 Å². The molecule has 0 saturated heterocycles. The van der Waals surface area contributed by atoms with E-state index in [-0.39, 0.29) is 12.4 Å². The zero-order valence-electron chi connectivity index (χ0n) is 8.68. The topological polar surface area (TPSA) is 52.5 Å². The van der Waals surface area contributed by atoms with Gasteiger partial charge in [-0.05, 0) is 17.5 Å². The number of hydrogen-bond acceptors (Lipinski definition) is 4. The highest BCUT2D eigenvalue weighted by molar-refractivity contribution is 7.09. The number of hydrogen-bond donors (Lipinski definition) is 3. The molecule has 1 heterocycles. The highest BCUT2D eigenvalue weighted by Gasteiger charge is 2.01. The fraction of sp³-hybridized carbons (Fsp3) is 0.167. The maximum atomic E-state index is 9.55. The smallest absolute Gasteiger partial charge is 0.123 e. The van der Waals surface area contributed by atoms with Gasteiger partial charge in [0.25, 0.3) is 0 Å². The Morgan fingerprint density at radius 2 is 2.12 bits per heavy atom. The number of benzene rings is 1. The third-order valence-electron chi connectivity index (χ3n) is 2.30. The Bertz CT molecular complexity index is 454. The molecule has 2 rings (SSSR count). The fourth-order valence-corrected chi connectivity index (χ4v) is 2.05. The van der Waals surface area contributed by atoms with Gasteiger partial charge in [-0.25, -0.2) is 0 Å². The first-order valence-corrected chi connectivity index (χ1v) is 5.86.